The first-order chi connectivity index (χ1) is 12.5. The van der Waals surface area contributed by atoms with E-state index in [1.54, 1.807) is 12.1 Å². The molecule has 0 aliphatic heterocycles. The first kappa shape index (κ1) is 16.3. The van der Waals surface area contributed by atoms with Crippen LogP contribution in [0.15, 0.2) is 48.5 Å². The quantitative estimate of drug-likeness (QED) is 0.737. The summed E-state index contributed by atoms with van der Waals surface area (Å²) in [5.74, 6) is -0.339. The molecule has 3 aromatic rings. The fourth-order valence-corrected chi connectivity index (χ4v) is 3.64. The number of carbonyl (C=O) groups excluding carboxylic acids is 2. The molecule has 0 saturated heterocycles. The molecule has 1 aliphatic rings. The molecule has 0 fully saturated rings. The molecule has 130 valence electrons. The molecule has 0 unspecified atom stereocenters. The Morgan fingerprint density at radius 2 is 1.65 bits per heavy atom. The second kappa shape index (κ2) is 6.30. The average Bonchev–Trinajstić information content (AvgIpc) is 3.03. The maximum atomic E-state index is 12.8. The molecule has 0 heterocycles. The summed E-state index contributed by atoms with van der Waals surface area (Å²) >= 11 is 0. The lowest BCUT2D eigenvalue weighted by atomic mass is 10.0. The maximum Gasteiger partial charge on any atom is 0.255 e. The zero-order valence-corrected chi connectivity index (χ0v) is 14.8. The molecule has 0 spiro atoms. The Balaban J connectivity index is 1.68. The fourth-order valence-electron chi connectivity index (χ4n) is 3.64. The van der Waals surface area contributed by atoms with Gasteiger partial charge in [0.1, 0.15) is 0 Å². The highest BCUT2D eigenvalue weighted by Gasteiger charge is 2.17. The van der Waals surface area contributed by atoms with Gasteiger partial charge in [-0.15, -0.1) is 0 Å². The first-order valence-corrected chi connectivity index (χ1v) is 8.76. The second-order valence-electron chi connectivity index (χ2n) is 6.78. The van der Waals surface area contributed by atoms with Crippen LogP contribution in [0.5, 0.6) is 0 Å². The molecule has 26 heavy (non-hydrogen) atoms. The molecular formula is C22H20N2O2. The first-order valence-electron chi connectivity index (χ1n) is 8.76. The van der Waals surface area contributed by atoms with Crippen molar-refractivity contribution in [2.75, 3.05) is 10.6 Å². The van der Waals surface area contributed by atoms with E-state index < -0.39 is 0 Å². The lowest BCUT2D eigenvalue weighted by molar-refractivity contribution is -0.114. The van der Waals surface area contributed by atoms with E-state index in [4.69, 9.17) is 0 Å². The van der Waals surface area contributed by atoms with Crippen LogP contribution in [0.4, 0.5) is 11.4 Å². The maximum absolute atomic E-state index is 12.8. The van der Waals surface area contributed by atoms with Crippen LogP contribution in [-0.4, -0.2) is 11.8 Å². The third-order valence-electron chi connectivity index (χ3n) is 4.94. The predicted octanol–water partition coefficient (Wildman–Crippen LogP) is 4.46. The number of hydrogen-bond donors (Lipinski definition) is 2. The van der Waals surface area contributed by atoms with Crippen molar-refractivity contribution in [1.82, 2.24) is 0 Å². The molecule has 4 rings (SSSR count). The van der Waals surface area contributed by atoms with Gasteiger partial charge in [-0.1, -0.05) is 30.3 Å². The molecule has 0 atom stereocenters. The van der Waals surface area contributed by atoms with Gasteiger partial charge in [-0.05, 0) is 60.0 Å². The Hall–Kier alpha value is -3.14. The summed E-state index contributed by atoms with van der Waals surface area (Å²) in [6.45, 7) is 3.36. The lowest BCUT2D eigenvalue weighted by Gasteiger charge is -2.12. The highest BCUT2D eigenvalue weighted by Crippen LogP contribution is 2.35. The Labute approximate surface area is 152 Å². The SMILES string of the molecule is CC(=O)Nc1cc(C(=O)Nc2ccc3c4c(cccc24)CC3)ccc1C. The summed E-state index contributed by atoms with van der Waals surface area (Å²) in [5, 5.41) is 8.15. The lowest BCUT2D eigenvalue weighted by Crippen LogP contribution is -2.14. The molecule has 0 bridgehead atoms. The van der Waals surface area contributed by atoms with E-state index in [0.29, 0.717) is 11.3 Å². The van der Waals surface area contributed by atoms with Crippen LogP contribution in [0.25, 0.3) is 10.8 Å². The normalized spacial score (nSPS) is 12.2. The van der Waals surface area contributed by atoms with Gasteiger partial charge >= 0.3 is 0 Å². The summed E-state index contributed by atoms with van der Waals surface area (Å²) in [7, 11) is 0. The van der Waals surface area contributed by atoms with Crippen molar-refractivity contribution in [3.05, 3.63) is 70.8 Å². The van der Waals surface area contributed by atoms with Crippen molar-refractivity contribution >= 4 is 34.0 Å². The van der Waals surface area contributed by atoms with Crippen LogP contribution in [0.2, 0.25) is 0 Å². The number of hydrogen-bond acceptors (Lipinski definition) is 2. The van der Waals surface area contributed by atoms with E-state index in [9.17, 15) is 9.59 Å². The molecular weight excluding hydrogens is 324 g/mol. The van der Waals surface area contributed by atoms with Crippen molar-refractivity contribution < 1.29 is 9.59 Å². The number of nitrogens with one attached hydrogen (secondary N) is 2. The highest BCUT2D eigenvalue weighted by atomic mass is 16.2. The van der Waals surface area contributed by atoms with Crippen molar-refractivity contribution in [3.63, 3.8) is 0 Å². The van der Waals surface area contributed by atoms with Crippen molar-refractivity contribution in [1.29, 1.82) is 0 Å². The Kier molecular flexibility index (Phi) is 3.96. The van der Waals surface area contributed by atoms with E-state index >= 15 is 0 Å². The van der Waals surface area contributed by atoms with Gasteiger partial charge in [-0.3, -0.25) is 9.59 Å². The minimum atomic E-state index is -0.185. The molecule has 4 heteroatoms. The molecule has 0 radical (unpaired) electrons. The summed E-state index contributed by atoms with van der Waals surface area (Å²) < 4.78 is 0. The zero-order valence-electron chi connectivity index (χ0n) is 14.8. The molecule has 1 aliphatic carbocycles. The monoisotopic (exact) mass is 344 g/mol. The van der Waals surface area contributed by atoms with Gasteiger partial charge in [0.05, 0.1) is 0 Å². The van der Waals surface area contributed by atoms with Crippen LogP contribution in [-0.2, 0) is 17.6 Å². The third-order valence-corrected chi connectivity index (χ3v) is 4.94. The van der Waals surface area contributed by atoms with Crippen molar-refractivity contribution in [2.24, 2.45) is 0 Å². The molecule has 2 N–H and O–H groups in total. The summed E-state index contributed by atoms with van der Waals surface area (Å²) in [6, 6.07) is 15.7. The summed E-state index contributed by atoms with van der Waals surface area (Å²) in [4.78, 5) is 24.1. The number of anilines is 2. The summed E-state index contributed by atoms with van der Waals surface area (Å²) in [6.07, 6.45) is 2.12. The van der Waals surface area contributed by atoms with Gasteiger partial charge in [-0.25, -0.2) is 0 Å². The van der Waals surface area contributed by atoms with Gasteiger partial charge in [0.25, 0.3) is 5.91 Å². The minimum absolute atomic E-state index is 0.154. The highest BCUT2D eigenvalue weighted by molar-refractivity contribution is 6.11. The van der Waals surface area contributed by atoms with E-state index in [-0.39, 0.29) is 11.8 Å². The van der Waals surface area contributed by atoms with Gasteiger partial charge in [0, 0.05) is 29.2 Å². The fraction of sp³-hybridized carbons (Fsp3) is 0.182. The van der Waals surface area contributed by atoms with E-state index in [1.165, 1.54) is 23.4 Å². The van der Waals surface area contributed by atoms with E-state index in [0.717, 1.165) is 29.5 Å². The Morgan fingerprint density at radius 1 is 0.885 bits per heavy atom. The number of benzene rings is 3. The average molecular weight is 344 g/mol. The largest absolute Gasteiger partial charge is 0.326 e. The number of carbonyl (C=O) groups is 2. The van der Waals surface area contributed by atoms with Crippen LogP contribution >= 0.6 is 0 Å². The number of amides is 2. The molecule has 4 nitrogen and oxygen atoms in total. The van der Waals surface area contributed by atoms with Gasteiger partial charge < -0.3 is 10.6 Å². The molecule has 3 aromatic carbocycles. The van der Waals surface area contributed by atoms with Crippen molar-refractivity contribution in [3.8, 4) is 0 Å². The Morgan fingerprint density at radius 3 is 2.42 bits per heavy atom. The summed E-state index contributed by atoms with van der Waals surface area (Å²) in [5.41, 5.74) is 5.60. The van der Waals surface area contributed by atoms with Gasteiger partial charge in [-0.2, -0.15) is 0 Å². The molecule has 0 aromatic heterocycles. The molecule has 0 saturated carbocycles. The number of rotatable bonds is 3. The van der Waals surface area contributed by atoms with Crippen LogP contribution in [0.1, 0.15) is 34.0 Å². The zero-order chi connectivity index (χ0) is 18.3. The molecule has 2 amide bonds. The smallest absolute Gasteiger partial charge is 0.255 e. The minimum Gasteiger partial charge on any atom is -0.326 e. The van der Waals surface area contributed by atoms with Crippen LogP contribution in [0, 0.1) is 6.92 Å². The van der Waals surface area contributed by atoms with Gasteiger partial charge in [0.2, 0.25) is 5.91 Å². The van der Waals surface area contributed by atoms with E-state index in [1.807, 2.05) is 25.1 Å². The Bertz CT molecular complexity index is 1040. The van der Waals surface area contributed by atoms with Crippen LogP contribution < -0.4 is 10.6 Å². The second-order valence-corrected chi connectivity index (χ2v) is 6.78. The van der Waals surface area contributed by atoms with Gasteiger partial charge in [0.15, 0.2) is 0 Å². The predicted molar refractivity (Wildman–Crippen MR) is 105 cm³/mol. The third kappa shape index (κ3) is 2.84. The van der Waals surface area contributed by atoms with E-state index in [2.05, 4.69) is 28.8 Å². The standard InChI is InChI=1S/C22H20N2O2/c1-13-6-7-17(12-20(13)23-14(2)25)22(26)24-19-11-10-16-9-8-15-4-3-5-18(19)21(15)16/h3-7,10-12H,8-9H2,1-2H3,(H,23,25)(H,24,26). The number of aryl methyl sites for hydroxylation is 3. The topological polar surface area (TPSA) is 58.2 Å². The van der Waals surface area contributed by atoms with Crippen LogP contribution in [0.3, 0.4) is 0 Å². The van der Waals surface area contributed by atoms with Crippen molar-refractivity contribution in [2.45, 2.75) is 26.7 Å².